The van der Waals surface area contributed by atoms with Crippen LogP contribution < -0.4 is 10.1 Å². The molecule has 0 aromatic heterocycles. The Morgan fingerprint density at radius 3 is 2.94 bits per heavy atom. The van der Waals surface area contributed by atoms with E-state index in [1.165, 1.54) is 0 Å². The third kappa shape index (κ3) is 3.28. The highest BCUT2D eigenvalue weighted by Crippen LogP contribution is 2.19. The summed E-state index contributed by atoms with van der Waals surface area (Å²) in [5, 5.41) is 11.3. The fourth-order valence-corrected chi connectivity index (χ4v) is 1.20. The molecule has 84 valence electrons. The van der Waals surface area contributed by atoms with Gasteiger partial charge in [0.25, 0.3) is 0 Å². The minimum absolute atomic E-state index is 0.0610. The second-order valence-corrected chi connectivity index (χ2v) is 3.36. The molecule has 0 aliphatic carbocycles. The van der Waals surface area contributed by atoms with Crippen LogP contribution in [0.5, 0.6) is 5.75 Å². The number of nitrogens with zero attached hydrogens (tertiary/aromatic N) is 1. The molecule has 1 aromatic carbocycles. The molecular formula is C12H14N2O2. The largest absolute Gasteiger partial charge is 0.493 e. The summed E-state index contributed by atoms with van der Waals surface area (Å²) in [7, 11) is 1.59. The molecule has 1 N–H and O–H groups in total. The van der Waals surface area contributed by atoms with Crippen molar-refractivity contribution in [1.29, 1.82) is 5.26 Å². The van der Waals surface area contributed by atoms with Crippen LogP contribution in [0.2, 0.25) is 0 Å². The molecule has 0 spiro atoms. The molecule has 0 saturated heterocycles. The maximum atomic E-state index is 11.0. The molecule has 4 heteroatoms. The van der Waals surface area contributed by atoms with Gasteiger partial charge in [-0.3, -0.25) is 4.79 Å². The Kier molecular flexibility index (Phi) is 4.34. The van der Waals surface area contributed by atoms with Crippen molar-refractivity contribution in [2.45, 2.75) is 13.3 Å². The summed E-state index contributed by atoms with van der Waals surface area (Å²) in [6.45, 7) is 2.21. The molecule has 0 unspecified atom stereocenters. The number of carbonyl (C=O) groups excluding carboxylic acids is 1. The second kappa shape index (κ2) is 5.76. The molecule has 0 aliphatic heterocycles. The van der Waals surface area contributed by atoms with E-state index in [0.29, 0.717) is 24.3 Å². The van der Waals surface area contributed by atoms with Gasteiger partial charge in [-0.25, -0.2) is 0 Å². The highest BCUT2D eigenvalue weighted by molar-refractivity contribution is 5.75. The molecule has 1 aromatic rings. The minimum Gasteiger partial charge on any atom is -0.493 e. The fourth-order valence-electron chi connectivity index (χ4n) is 1.20. The summed E-state index contributed by atoms with van der Waals surface area (Å²) in [6, 6.07) is 7.29. The van der Waals surface area contributed by atoms with E-state index in [2.05, 4.69) is 5.32 Å². The molecule has 1 amide bonds. The molecule has 4 nitrogen and oxygen atoms in total. The zero-order valence-corrected chi connectivity index (χ0v) is 9.41. The smallest absolute Gasteiger partial charge is 0.223 e. The monoisotopic (exact) mass is 218 g/mol. The number of hydrogen-bond acceptors (Lipinski definition) is 3. The van der Waals surface area contributed by atoms with E-state index >= 15 is 0 Å². The van der Waals surface area contributed by atoms with Gasteiger partial charge in [0.15, 0.2) is 0 Å². The highest BCUT2D eigenvalue weighted by Gasteiger charge is 2.03. The third-order valence-corrected chi connectivity index (χ3v) is 2.18. The van der Waals surface area contributed by atoms with Crippen LogP contribution in [0.25, 0.3) is 0 Å². The molecule has 1 rings (SSSR count). The lowest BCUT2D eigenvalue weighted by Gasteiger charge is -2.08. The molecule has 0 radical (unpaired) electrons. The first-order valence-corrected chi connectivity index (χ1v) is 5.01. The number of rotatable bonds is 4. The molecule has 0 fully saturated rings. The first-order chi connectivity index (χ1) is 7.67. The van der Waals surface area contributed by atoms with Gasteiger partial charge in [-0.2, -0.15) is 5.26 Å². The number of aryl methyl sites for hydroxylation is 1. The molecule has 0 bridgehead atoms. The predicted molar refractivity (Wildman–Crippen MR) is 60.1 cm³/mol. The van der Waals surface area contributed by atoms with Crippen LogP contribution in [0.15, 0.2) is 18.2 Å². The van der Waals surface area contributed by atoms with Crippen LogP contribution in [0, 0.1) is 18.3 Å². The first-order valence-electron chi connectivity index (χ1n) is 5.01. The second-order valence-electron chi connectivity index (χ2n) is 3.36. The van der Waals surface area contributed by atoms with E-state index in [1.807, 2.05) is 19.1 Å². The van der Waals surface area contributed by atoms with Crippen LogP contribution in [0.1, 0.15) is 17.5 Å². The number of benzene rings is 1. The first kappa shape index (κ1) is 12.1. The van der Waals surface area contributed by atoms with Crippen LogP contribution in [0.4, 0.5) is 0 Å². The summed E-state index contributed by atoms with van der Waals surface area (Å²) in [5.74, 6) is 0.594. The fraction of sp³-hybridized carbons (Fsp3) is 0.333. The van der Waals surface area contributed by atoms with Crippen LogP contribution >= 0.6 is 0 Å². The van der Waals surface area contributed by atoms with Gasteiger partial charge in [0, 0.05) is 7.05 Å². The Hall–Kier alpha value is -2.02. The number of nitriles is 1. The SMILES string of the molecule is CNC(=O)CCOc1cc(C#N)ccc1C. The van der Waals surface area contributed by atoms with Crippen molar-refractivity contribution in [2.75, 3.05) is 13.7 Å². The van der Waals surface area contributed by atoms with Crippen LogP contribution in [-0.4, -0.2) is 19.6 Å². The van der Waals surface area contributed by atoms with Crippen molar-refractivity contribution in [1.82, 2.24) is 5.32 Å². The van der Waals surface area contributed by atoms with Crippen molar-refractivity contribution in [3.63, 3.8) is 0 Å². The number of ether oxygens (including phenoxy) is 1. The number of amides is 1. The summed E-state index contributed by atoms with van der Waals surface area (Å²) in [6.07, 6.45) is 0.312. The Balaban J connectivity index is 2.60. The quantitative estimate of drug-likeness (QED) is 0.830. The average Bonchev–Trinajstić information content (AvgIpc) is 2.31. The van der Waals surface area contributed by atoms with E-state index in [0.717, 1.165) is 5.56 Å². The van der Waals surface area contributed by atoms with Crippen LogP contribution in [0.3, 0.4) is 0 Å². The van der Waals surface area contributed by atoms with Crippen molar-refractivity contribution < 1.29 is 9.53 Å². The Morgan fingerprint density at radius 2 is 2.31 bits per heavy atom. The molecule has 0 heterocycles. The lowest BCUT2D eigenvalue weighted by Crippen LogP contribution is -2.20. The van der Waals surface area contributed by atoms with Gasteiger partial charge in [0.05, 0.1) is 24.7 Å². The number of carbonyl (C=O) groups is 1. The van der Waals surface area contributed by atoms with E-state index in [-0.39, 0.29) is 5.91 Å². The standard InChI is InChI=1S/C12H14N2O2/c1-9-3-4-10(8-13)7-11(9)16-6-5-12(15)14-2/h3-4,7H,5-6H2,1-2H3,(H,14,15). The molecule has 16 heavy (non-hydrogen) atoms. The lowest BCUT2D eigenvalue weighted by molar-refractivity contribution is -0.121. The van der Waals surface area contributed by atoms with Gasteiger partial charge in [-0.15, -0.1) is 0 Å². The third-order valence-electron chi connectivity index (χ3n) is 2.18. The number of hydrogen-bond donors (Lipinski definition) is 1. The maximum absolute atomic E-state index is 11.0. The zero-order valence-electron chi connectivity index (χ0n) is 9.41. The van der Waals surface area contributed by atoms with Gasteiger partial charge >= 0.3 is 0 Å². The Bertz CT molecular complexity index is 422. The summed E-state index contributed by atoms with van der Waals surface area (Å²) < 4.78 is 5.44. The van der Waals surface area contributed by atoms with Crippen molar-refractivity contribution >= 4 is 5.91 Å². The predicted octanol–water partition coefficient (Wildman–Crippen LogP) is 1.38. The molecule has 0 atom stereocenters. The molecular weight excluding hydrogens is 204 g/mol. The Morgan fingerprint density at radius 1 is 1.56 bits per heavy atom. The van der Waals surface area contributed by atoms with Crippen molar-refractivity contribution in [3.05, 3.63) is 29.3 Å². The van der Waals surface area contributed by atoms with E-state index in [9.17, 15) is 4.79 Å². The van der Waals surface area contributed by atoms with Gasteiger partial charge in [-0.1, -0.05) is 6.07 Å². The van der Waals surface area contributed by atoms with Gasteiger partial charge in [-0.05, 0) is 24.6 Å². The lowest BCUT2D eigenvalue weighted by atomic mass is 10.1. The maximum Gasteiger partial charge on any atom is 0.223 e. The van der Waals surface area contributed by atoms with Gasteiger partial charge in [0.1, 0.15) is 5.75 Å². The topological polar surface area (TPSA) is 62.1 Å². The molecule has 0 saturated carbocycles. The Labute approximate surface area is 94.8 Å². The summed E-state index contributed by atoms with van der Waals surface area (Å²) in [5.41, 5.74) is 1.51. The molecule has 0 aliphatic rings. The van der Waals surface area contributed by atoms with E-state index in [4.69, 9.17) is 10.00 Å². The van der Waals surface area contributed by atoms with E-state index in [1.54, 1.807) is 19.2 Å². The zero-order chi connectivity index (χ0) is 12.0. The van der Waals surface area contributed by atoms with Crippen molar-refractivity contribution in [2.24, 2.45) is 0 Å². The summed E-state index contributed by atoms with van der Waals surface area (Å²) in [4.78, 5) is 11.0. The highest BCUT2D eigenvalue weighted by atomic mass is 16.5. The average molecular weight is 218 g/mol. The van der Waals surface area contributed by atoms with Gasteiger partial charge < -0.3 is 10.1 Å². The van der Waals surface area contributed by atoms with Gasteiger partial charge in [0.2, 0.25) is 5.91 Å². The number of nitrogens with one attached hydrogen (secondary N) is 1. The van der Waals surface area contributed by atoms with Crippen LogP contribution in [-0.2, 0) is 4.79 Å². The van der Waals surface area contributed by atoms with E-state index < -0.39 is 0 Å². The normalized spacial score (nSPS) is 9.31. The van der Waals surface area contributed by atoms with Crippen molar-refractivity contribution in [3.8, 4) is 11.8 Å². The summed E-state index contributed by atoms with van der Waals surface area (Å²) >= 11 is 0. The minimum atomic E-state index is -0.0610.